The predicted molar refractivity (Wildman–Crippen MR) is 91.3 cm³/mol. The van der Waals surface area contributed by atoms with Crippen molar-refractivity contribution in [3.05, 3.63) is 35.9 Å². The van der Waals surface area contributed by atoms with Crippen LogP contribution in [0.5, 0.6) is 0 Å². The Morgan fingerprint density at radius 1 is 1.09 bits per heavy atom. The number of hydrogen-bond donors (Lipinski definition) is 1. The maximum absolute atomic E-state index is 12.9. The largest absolute Gasteiger partial charge is 0.443 e. The first-order valence-electron chi connectivity index (χ1n) is 8.95. The van der Waals surface area contributed by atoms with Crippen molar-refractivity contribution in [3.63, 3.8) is 0 Å². The Kier molecular flexibility index (Phi) is 5.21. The Morgan fingerprint density at radius 2 is 1.87 bits per heavy atom. The van der Waals surface area contributed by atoms with E-state index in [4.69, 9.17) is 4.74 Å². The van der Waals surface area contributed by atoms with Crippen molar-refractivity contribution in [1.29, 1.82) is 0 Å². The van der Waals surface area contributed by atoms with Gasteiger partial charge in [0.25, 0.3) is 0 Å². The van der Waals surface area contributed by atoms with Gasteiger partial charge in [0, 0.05) is 6.54 Å². The number of carbonyl (C=O) groups is 1. The summed E-state index contributed by atoms with van der Waals surface area (Å²) in [6.07, 6.45) is 6.07. The molecule has 0 saturated carbocycles. The molecular formula is C19H28N2O2. The van der Waals surface area contributed by atoms with Gasteiger partial charge >= 0.3 is 6.09 Å². The zero-order valence-electron chi connectivity index (χ0n) is 14.1. The molecule has 4 nitrogen and oxygen atoms in total. The van der Waals surface area contributed by atoms with Crippen molar-refractivity contribution < 1.29 is 9.53 Å². The van der Waals surface area contributed by atoms with Crippen LogP contribution in [0.4, 0.5) is 4.79 Å². The Labute approximate surface area is 139 Å². The Hall–Kier alpha value is -1.55. The van der Waals surface area contributed by atoms with Gasteiger partial charge in [-0.25, -0.2) is 4.79 Å². The molecule has 1 spiro atoms. The third-order valence-corrected chi connectivity index (χ3v) is 5.31. The standard InChI is InChI=1S/C19H28N2O2/c1-16(17-8-3-2-4-9-17)21-15-6-5-10-19(23-18(21)22)11-7-13-20-14-12-19/h2-4,8-9,16,20H,5-7,10-15H2,1H3. The molecule has 0 bridgehead atoms. The first-order valence-corrected chi connectivity index (χ1v) is 8.95. The number of hydrogen-bond acceptors (Lipinski definition) is 3. The van der Waals surface area contributed by atoms with Gasteiger partial charge in [0.2, 0.25) is 0 Å². The summed E-state index contributed by atoms with van der Waals surface area (Å²) in [5.41, 5.74) is 0.914. The molecule has 0 aromatic heterocycles. The Morgan fingerprint density at radius 3 is 2.70 bits per heavy atom. The summed E-state index contributed by atoms with van der Waals surface area (Å²) in [4.78, 5) is 14.8. The fourth-order valence-electron chi connectivity index (χ4n) is 3.83. The molecule has 2 unspecified atom stereocenters. The molecule has 126 valence electrons. The fraction of sp³-hybridized carbons (Fsp3) is 0.632. The lowest BCUT2D eigenvalue weighted by atomic mass is 9.88. The van der Waals surface area contributed by atoms with Crippen molar-refractivity contribution in [3.8, 4) is 0 Å². The summed E-state index contributed by atoms with van der Waals surface area (Å²) in [5.74, 6) is 0. The van der Waals surface area contributed by atoms with Crippen LogP contribution >= 0.6 is 0 Å². The second-order valence-corrected chi connectivity index (χ2v) is 6.89. The van der Waals surface area contributed by atoms with Crippen LogP contribution in [0.25, 0.3) is 0 Å². The lowest BCUT2D eigenvalue weighted by molar-refractivity contribution is -0.0383. The highest BCUT2D eigenvalue weighted by molar-refractivity contribution is 5.69. The van der Waals surface area contributed by atoms with Crippen LogP contribution in [0, 0.1) is 0 Å². The Balaban J connectivity index is 1.76. The molecule has 2 aliphatic rings. The Bertz CT molecular complexity index is 509. The van der Waals surface area contributed by atoms with E-state index >= 15 is 0 Å². The maximum Gasteiger partial charge on any atom is 0.410 e. The lowest BCUT2D eigenvalue weighted by Gasteiger charge is -2.39. The average molecular weight is 316 g/mol. The van der Waals surface area contributed by atoms with E-state index in [0.717, 1.165) is 58.2 Å². The smallest absolute Gasteiger partial charge is 0.410 e. The molecule has 1 amide bonds. The second-order valence-electron chi connectivity index (χ2n) is 6.89. The molecule has 2 saturated heterocycles. The van der Waals surface area contributed by atoms with Crippen molar-refractivity contribution in [2.45, 2.75) is 57.1 Å². The molecule has 1 aromatic rings. The molecule has 0 aliphatic carbocycles. The third-order valence-electron chi connectivity index (χ3n) is 5.31. The molecule has 1 N–H and O–H groups in total. The van der Waals surface area contributed by atoms with Crippen LogP contribution < -0.4 is 5.32 Å². The van der Waals surface area contributed by atoms with Gasteiger partial charge in [0.1, 0.15) is 5.60 Å². The fourth-order valence-corrected chi connectivity index (χ4v) is 3.83. The SMILES string of the molecule is CC(c1ccccc1)N1CCCCC2(CCCNCC2)OC1=O. The molecule has 1 aromatic carbocycles. The average Bonchev–Trinajstić information content (AvgIpc) is 2.79. The van der Waals surface area contributed by atoms with Crippen LogP contribution in [0.15, 0.2) is 30.3 Å². The summed E-state index contributed by atoms with van der Waals surface area (Å²) < 4.78 is 6.10. The van der Waals surface area contributed by atoms with Crippen LogP contribution in [-0.4, -0.2) is 36.2 Å². The van der Waals surface area contributed by atoms with E-state index in [1.165, 1.54) is 5.56 Å². The normalized spacial score (nSPS) is 27.7. The van der Waals surface area contributed by atoms with E-state index in [9.17, 15) is 4.79 Å². The monoisotopic (exact) mass is 316 g/mol. The van der Waals surface area contributed by atoms with Crippen LogP contribution in [0.2, 0.25) is 0 Å². The van der Waals surface area contributed by atoms with Gasteiger partial charge < -0.3 is 15.0 Å². The van der Waals surface area contributed by atoms with E-state index in [1.54, 1.807) is 0 Å². The number of amides is 1. The van der Waals surface area contributed by atoms with Crippen molar-refractivity contribution in [1.82, 2.24) is 10.2 Å². The highest BCUT2D eigenvalue weighted by Gasteiger charge is 2.38. The van der Waals surface area contributed by atoms with Gasteiger partial charge in [-0.15, -0.1) is 0 Å². The minimum atomic E-state index is -0.254. The first kappa shape index (κ1) is 16.3. The van der Waals surface area contributed by atoms with E-state index in [2.05, 4.69) is 24.4 Å². The molecular weight excluding hydrogens is 288 g/mol. The number of nitrogens with one attached hydrogen (secondary N) is 1. The number of ether oxygens (including phenoxy) is 1. The molecule has 3 rings (SSSR count). The van der Waals surface area contributed by atoms with E-state index < -0.39 is 0 Å². The number of nitrogens with zero attached hydrogens (tertiary/aromatic N) is 1. The quantitative estimate of drug-likeness (QED) is 0.900. The second kappa shape index (κ2) is 7.35. The van der Waals surface area contributed by atoms with Crippen LogP contribution in [0.3, 0.4) is 0 Å². The highest BCUT2D eigenvalue weighted by Crippen LogP contribution is 2.34. The first-order chi connectivity index (χ1) is 11.2. The predicted octanol–water partition coefficient (Wildman–Crippen LogP) is 3.88. The number of rotatable bonds is 2. The van der Waals surface area contributed by atoms with Crippen LogP contribution in [0.1, 0.15) is 57.1 Å². The van der Waals surface area contributed by atoms with Gasteiger partial charge in [-0.2, -0.15) is 0 Å². The van der Waals surface area contributed by atoms with E-state index in [0.29, 0.717) is 0 Å². The molecule has 23 heavy (non-hydrogen) atoms. The number of carbonyl (C=O) groups excluding carboxylic acids is 1. The summed E-state index contributed by atoms with van der Waals surface area (Å²) in [6.45, 7) is 4.85. The zero-order valence-corrected chi connectivity index (χ0v) is 14.1. The zero-order chi connectivity index (χ0) is 16.1. The summed E-state index contributed by atoms with van der Waals surface area (Å²) in [5, 5.41) is 3.42. The van der Waals surface area contributed by atoms with Gasteiger partial charge in [-0.3, -0.25) is 0 Å². The van der Waals surface area contributed by atoms with Gasteiger partial charge in [-0.05, 0) is 64.1 Å². The molecule has 0 radical (unpaired) electrons. The van der Waals surface area contributed by atoms with Gasteiger partial charge in [-0.1, -0.05) is 30.3 Å². The van der Waals surface area contributed by atoms with Crippen LogP contribution in [-0.2, 0) is 4.74 Å². The van der Waals surface area contributed by atoms with E-state index in [1.807, 2.05) is 23.1 Å². The minimum absolute atomic E-state index is 0.0581. The summed E-state index contributed by atoms with van der Waals surface area (Å²) in [6, 6.07) is 10.3. The minimum Gasteiger partial charge on any atom is -0.443 e. The molecule has 2 atom stereocenters. The summed E-state index contributed by atoms with van der Waals surface area (Å²) in [7, 11) is 0. The third kappa shape index (κ3) is 3.86. The molecule has 2 fully saturated rings. The molecule has 2 aliphatic heterocycles. The molecule has 4 heteroatoms. The molecule has 2 heterocycles. The van der Waals surface area contributed by atoms with Crippen molar-refractivity contribution in [2.24, 2.45) is 0 Å². The van der Waals surface area contributed by atoms with E-state index in [-0.39, 0.29) is 17.7 Å². The summed E-state index contributed by atoms with van der Waals surface area (Å²) >= 11 is 0. The van der Waals surface area contributed by atoms with Gasteiger partial charge in [0.15, 0.2) is 0 Å². The van der Waals surface area contributed by atoms with Crippen molar-refractivity contribution in [2.75, 3.05) is 19.6 Å². The van der Waals surface area contributed by atoms with Gasteiger partial charge in [0.05, 0.1) is 6.04 Å². The maximum atomic E-state index is 12.9. The van der Waals surface area contributed by atoms with Crippen molar-refractivity contribution >= 4 is 6.09 Å². The lowest BCUT2D eigenvalue weighted by Crippen LogP contribution is -2.45. The highest BCUT2D eigenvalue weighted by atomic mass is 16.6. The topological polar surface area (TPSA) is 41.6 Å². The number of benzene rings is 1.